The molecular weight excluding hydrogens is 406 g/mol. The number of amides is 2. The molecule has 2 aromatic rings. The van der Waals surface area contributed by atoms with Crippen molar-refractivity contribution in [1.29, 1.82) is 0 Å². The van der Waals surface area contributed by atoms with E-state index in [0.717, 1.165) is 78.2 Å². The number of aryl methyl sites for hydroxylation is 2. The number of sulfonamides is 1. The molecule has 30 heavy (non-hydrogen) atoms. The molecule has 1 heterocycles. The fraction of sp³-hybridized carbons (Fsp3) is 0.429. The Bertz CT molecular complexity index is 1140. The number of carbonyl (C=O) groups is 1. The van der Waals surface area contributed by atoms with E-state index in [1.54, 1.807) is 0 Å². The number of nitrogens with zero attached hydrogens (tertiary/aromatic N) is 1. The first-order valence-corrected chi connectivity index (χ1v) is 11.6. The fourth-order valence-electron chi connectivity index (χ4n) is 4.38. The molecule has 0 radical (unpaired) electrons. The highest BCUT2D eigenvalue weighted by Crippen LogP contribution is 2.38. The normalized spacial score (nSPS) is 16.1. The molecule has 160 valence electrons. The third-order valence-electron chi connectivity index (χ3n) is 5.67. The number of aromatic nitrogens is 1. The van der Waals surface area contributed by atoms with Gasteiger partial charge in [-0.25, -0.2) is 17.9 Å². The Balaban J connectivity index is 1.58. The van der Waals surface area contributed by atoms with Gasteiger partial charge in [-0.2, -0.15) is 0 Å². The van der Waals surface area contributed by atoms with Gasteiger partial charge in [0.1, 0.15) is 4.90 Å². The Kier molecular flexibility index (Phi) is 5.42. The van der Waals surface area contributed by atoms with Crippen molar-refractivity contribution >= 4 is 21.7 Å². The zero-order valence-electron chi connectivity index (χ0n) is 16.8. The quantitative estimate of drug-likeness (QED) is 0.666. The summed E-state index contributed by atoms with van der Waals surface area (Å²) < 4.78 is 28.6. The fourth-order valence-corrected chi connectivity index (χ4v) is 5.31. The minimum absolute atomic E-state index is 0.0450. The highest BCUT2D eigenvalue weighted by molar-refractivity contribution is 7.90. The summed E-state index contributed by atoms with van der Waals surface area (Å²) in [6.45, 7) is 1.45. The van der Waals surface area contributed by atoms with Crippen LogP contribution in [0.3, 0.4) is 0 Å². The standard InChI is InChI=1S/C21H25N3O5S/c1-13(25)11-24-12-16(8-9-19(24)26)30(28,29)23-21(27)22-20-17-6-2-4-14(17)10-15-5-3-7-18(15)20/h8-10,12-13,25H,2-7,11H2,1H3,(H2,22,23,27)/t13-/m1/s1. The maximum atomic E-state index is 12.7. The van der Waals surface area contributed by atoms with Crippen molar-refractivity contribution in [2.45, 2.75) is 63.0 Å². The molecular formula is C21H25N3O5S. The molecule has 0 unspecified atom stereocenters. The largest absolute Gasteiger partial charge is 0.392 e. The van der Waals surface area contributed by atoms with Gasteiger partial charge in [0.2, 0.25) is 0 Å². The van der Waals surface area contributed by atoms with Crippen molar-refractivity contribution < 1.29 is 18.3 Å². The van der Waals surface area contributed by atoms with Crippen molar-refractivity contribution in [3.8, 4) is 0 Å². The number of hydrogen-bond donors (Lipinski definition) is 3. The van der Waals surface area contributed by atoms with Crippen LogP contribution in [0, 0.1) is 0 Å². The van der Waals surface area contributed by atoms with Gasteiger partial charge in [-0.3, -0.25) is 4.79 Å². The van der Waals surface area contributed by atoms with Crippen LogP contribution >= 0.6 is 0 Å². The summed E-state index contributed by atoms with van der Waals surface area (Å²) in [6, 6.07) is 3.66. The summed E-state index contributed by atoms with van der Waals surface area (Å²) in [7, 11) is -4.19. The molecule has 8 nitrogen and oxygen atoms in total. The van der Waals surface area contributed by atoms with Crippen molar-refractivity contribution in [2.24, 2.45) is 0 Å². The number of rotatable bonds is 5. The number of carbonyl (C=O) groups excluding carboxylic acids is 1. The average molecular weight is 432 g/mol. The number of hydrogen-bond acceptors (Lipinski definition) is 5. The first kappa shape index (κ1) is 20.6. The lowest BCUT2D eigenvalue weighted by atomic mass is 9.99. The van der Waals surface area contributed by atoms with E-state index in [0.29, 0.717) is 0 Å². The predicted octanol–water partition coefficient (Wildman–Crippen LogP) is 1.72. The number of pyridine rings is 1. The molecule has 2 aliphatic rings. The van der Waals surface area contributed by atoms with E-state index in [9.17, 15) is 23.1 Å². The van der Waals surface area contributed by atoms with E-state index >= 15 is 0 Å². The average Bonchev–Trinajstić information content (AvgIpc) is 3.31. The molecule has 1 atom stereocenters. The Morgan fingerprint density at radius 2 is 1.77 bits per heavy atom. The minimum atomic E-state index is -4.19. The second-order valence-corrected chi connectivity index (χ2v) is 9.68. The molecule has 2 aliphatic carbocycles. The molecule has 0 bridgehead atoms. The van der Waals surface area contributed by atoms with Gasteiger partial charge in [-0.05, 0) is 73.8 Å². The van der Waals surface area contributed by atoms with Gasteiger partial charge < -0.3 is 15.0 Å². The van der Waals surface area contributed by atoms with E-state index in [1.807, 2.05) is 4.72 Å². The predicted molar refractivity (Wildman–Crippen MR) is 112 cm³/mol. The number of nitrogens with one attached hydrogen (secondary N) is 2. The number of benzene rings is 1. The number of fused-ring (bicyclic) bond motifs is 2. The van der Waals surface area contributed by atoms with Gasteiger partial charge in [-0.15, -0.1) is 0 Å². The SMILES string of the molecule is C[C@@H](O)Cn1cc(S(=O)(=O)NC(=O)Nc2c3c(cc4c2CCC4)CCC3)ccc1=O. The van der Waals surface area contributed by atoms with Gasteiger partial charge in [0.15, 0.2) is 0 Å². The van der Waals surface area contributed by atoms with Crippen LogP contribution in [-0.2, 0) is 42.3 Å². The smallest absolute Gasteiger partial charge is 0.333 e. The lowest BCUT2D eigenvalue weighted by molar-refractivity contribution is 0.172. The zero-order valence-corrected chi connectivity index (χ0v) is 17.6. The molecule has 1 aromatic carbocycles. The highest BCUT2D eigenvalue weighted by Gasteiger charge is 2.26. The lowest BCUT2D eigenvalue weighted by Gasteiger charge is -2.17. The third-order valence-corrected chi connectivity index (χ3v) is 6.98. The Morgan fingerprint density at radius 3 is 2.37 bits per heavy atom. The number of aliphatic hydroxyl groups is 1. The van der Waals surface area contributed by atoms with Crippen LogP contribution in [0.2, 0.25) is 0 Å². The summed E-state index contributed by atoms with van der Waals surface area (Å²) in [5, 5.41) is 12.3. The van der Waals surface area contributed by atoms with Crippen LogP contribution in [0.15, 0.2) is 34.1 Å². The molecule has 4 rings (SSSR count). The first-order chi connectivity index (χ1) is 14.2. The Hall–Kier alpha value is -2.65. The van der Waals surface area contributed by atoms with Crippen molar-refractivity contribution in [1.82, 2.24) is 9.29 Å². The third kappa shape index (κ3) is 3.99. The van der Waals surface area contributed by atoms with Crippen molar-refractivity contribution in [2.75, 3.05) is 5.32 Å². The van der Waals surface area contributed by atoms with Gasteiger partial charge in [-0.1, -0.05) is 6.07 Å². The number of anilines is 1. The molecule has 0 saturated heterocycles. The number of aliphatic hydroxyl groups excluding tert-OH is 1. The molecule has 9 heteroatoms. The van der Waals surface area contributed by atoms with Crippen LogP contribution in [0.5, 0.6) is 0 Å². The first-order valence-electron chi connectivity index (χ1n) is 10.1. The van der Waals surface area contributed by atoms with E-state index < -0.39 is 27.7 Å². The Labute approximate surface area is 175 Å². The minimum Gasteiger partial charge on any atom is -0.392 e. The van der Waals surface area contributed by atoms with Crippen LogP contribution in [0.25, 0.3) is 0 Å². The van der Waals surface area contributed by atoms with Crippen LogP contribution in [0.1, 0.15) is 42.0 Å². The summed E-state index contributed by atoms with van der Waals surface area (Å²) in [5.74, 6) is 0. The van der Waals surface area contributed by atoms with Gasteiger partial charge in [0, 0.05) is 18.0 Å². The van der Waals surface area contributed by atoms with E-state index in [2.05, 4.69) is 11.4 Å². The molecule has 0 spiro atoms. The van der Waals surface area contributed by atoms with Crippen LogP contribution < -0.4 is 15.6 Å². The molecule has 2 amide bonds. The Morgan fingerprint density at radius 1 is 1.13 bits per heavy atom. The molecule has 0 aliphatic heterocycles. The molecule has 3 N–H and O–H groups in total. The van der Waals surface area contributed by atoms with E-state index in [1.165, 1.54) is 18.1 Å². The van der Waals surface area contributed by atoms with Gasteiger partial charge >= 0.3 is 6.03 Å². The maximum Gasteiger partial charge on any atom is 0.333 e. The highest BCUT2D eigenvalue weighted by atomic mass is 32.2. The van der Waals surface area contributed by atoms with Crippen LogP contribution in [-0.4, -0.2) is 30.2 Å². The topological polar surface area (TPSA) is 118 Å². The summed E-state index contributed by atoms with van der Waals surface area (Å²) >= 11 is 0. The van der Waals surface area contributed by atoms with E-state index in [4.69, 9.17) is 0 Å². The second kappa shape index (κ2) is 7.88. The summed E-state index contributed by atoms with van der Waals surface area (Å²) in [4.78, 5) is 24.3. The maximum absolute atomic E-state index is 12.7. The van der Waals surface area contributed by atoms with E-state index in [-0.39, 0.29) is 11.4 Å². The molecule has 0 saturated carbocycles. The monoisotopic (exact) mass is 431 g/mol. The summed E-state index contributed by atoms with van der Waals surface area (Å²) in [6.07, 6.45) is 6.05. The number of urea groups is 1. The molecule has 0 fully saturated rings. The molecule has 1 aromatic heterocycles. The van der Waals surface area contributed by atoms with Crippen molar-refractivity contribution in [3.63, 3.8) is 0 Å². The lowest BCUT2D eigenvalue weighted by Crippen LogP contribution is -2.36. The van der Waals surface area contributed by atoms with Crippen LogP contribution in [0.4, 0.5) is 10.5 Å². The second-order valence-electron chi connectivity index (χ2n) is 8.00. The zero-order chi connectivity index (χ0) is 21.5. The van der Waals surface area contributed by atoms with Crippen molar-refractivity contribution in [3.05, 3.63) is 57.0 Å². The summed E-state index contributed by atoms with van der Waals surface area (Å²) in [5.41, 5.74) is 5.00. The van der Waals surface area contributed by atoms with Gasteiger partial charge in [0.25, 0.3) is 15.6 Å². The van der Waals surface area contributed by atoms with Gasteiger partial charge in [0.05, 0.1) is 12.6 Å².